The molecule has 2 aromatic heterocycles. The maximum absolute atomic E-state index is 12.2. The Hall–Kier alpha value is -2.23. The van der Waals surface area contributed by atoms with Gasteiger partial charge in [-0.05, 0) is 31.4 Å². The van der Waals surface area contributed by atoms with Gasteiger partial charge in [-0.1, -0.05) is 11.8 Å². The lowest BCUT2D eigenvalue weighted by Crippen LogP contribution is -2.24. The highest BCUT2D eigenvalue weighted by Crippen LogP contribution is 2.16. The predicted octanol–water partition coefficient (Wildman–Crippen LogP) is 1.43. The van der Waals surface area contributed by atoms with E-state index in [0.29, 0.717) is 23.5 Å². The second-order valence-corrected chi connectivity index (χ2v) is 5.39. The average Bonchev–Trinajstić information content (AvgIpc) is 2.92. The van der Waals surface area contributed by atoms with Crippen LogP contribution in [0.3, 0.4) is 0 Å². The van der Waals surface area contributed by atoms with Crippen LogP contribution < -0.4 is 5.32 Å². The molecule has 0 spiro atoms. The van der Waals surface area contributed by atoms with Crippen molar-refractivity contribution in [1.29, 1.82) is 0 Å². The summed E-state index contributed by atoms with van der Waals surface area (Å²) in [6, 6.07) is 3.59. The third kappa shape index (κ3) is 3.88. The minimum Gasteiger partial charge on any atom is -0.384 e. The van der Waals surface area contributed by atoms with Crippen LogP contribution in [0.25, 0.3) is 0 Å². The van der Waals surface area contributed by atoms with Gasteiger partial charge in [-0.25, -0.2) is 0 Å². The molecule has 108 valence electrons. The van der Waals surface area contributed by atoms with E-state index in [0.717, 1.165) is 10.4 Å². The number of carbonyl (C=O) groups is 1. The Bertz CT molecular complexity index is 713. The molecule has 21 heavy (non-hydrogen) atoms. The lowest BCUT2D eigenvalue weighted by Gasteiger charge is -2.06. The van der Waals surface area contributed by atoms with Crippen LogP contribution in [-0.2, 0) is 6.54 Å². The highest BCUT2D eigenvalue weighted by atomic mass is 32.1. The fraction of sp³-hybridized carbons (Fsp3) is 0.267. The second-order valence-electron chi connectivity index (χ2n) is 4.38. The first kappa shape index (κ1) is 15.2. The zero-order valence-corrected chi connectivity index (χ0v) is 12.6. The Labute approximate surface area is 127 Å². The maximum atomic E-state index is 12.2. The number of carbonyl (C=O) groups excluding carboxylic acids is 1. The van der Waals surface area contributed by atoms with Gasteiger partial charge in [-0.3, -0.25) is 4.79 Å². The van der Waals surface area contributed by atoms with Gasteiger partial charge >= 0.3 is 0 Å². The average molecular weight is 301 g/mol. The molecule has 0 aliphatic carbocycles. The molecule has 0 unspecified atom stereocenters. The fourth-order valence-electron chi connectivity index (χ4n) is 1.76. The normalized spacial score (nSPS) is 9.86. The molecule has 0 atom stereocenters. The van der Waals surface area contributed by atoms with Crippen LogP contribution in [0.1, 0.15) is 32.2 Å². The van der Waals surface area contributed by atoms with Gasteiger partial charge in [-0.2, -0.15) is 10.2 Å². The van der Waals surface area contributed by atoms with Crippen molar-refractivity contribution in [1.82, 2.24) is 15.5 Å². The minimum atomic E-state index is -0.181. The zero-order valence-electron chi connectivity index (χ0n) is 11.8. The van der Waals surface area contributed by atoms with E-state index >= 15 is 0 Å². The predicted molar refractivity (Wildman–Crippen MR) is 81.0 cm³/mol. The summed E-state index contributed by atoms with van der Waals surface area (Å²) in [4.78, 5) is 13.1. The van der Waals surface area contributed by atoms with Gasteiger partial charge < -0.3 is 10.4 Å². The SMILES string of the molecule is Cc1cc(C(=O)NCc2sccc2C#CCO)c(C)nn1. The number of hydrogen-bond acceptors (Lipinski definition) is 5. The number of aliphatic hydroxyl groups excluding tert-OH is 1. The van der Waals surface area contributed by atoms with Crippen LogP contribution in [0.15, 0.2) is 17.5 Å². The van der Waals surface area contributed by atoms with Crippen molar-refractivity contribution in [3.63, 3.8) is 0 Å². The number of hydrogen-bond donors (Lipinski definition) is 2. The molecule has 0 bridgehead atoms. The maximum Gasteiger partial charge on any atom is 0.253 e. The highest BCUT2D eigenvalue weighted by Gasteiger charge is 2.12. The summed E-state index contributed by atoms with van der Waals surface area (Å²) in [7, 11) is 0. The van der Waals surface area contributed by atoms with Crippen LogP contribution in [0, 0.1) is 25.7 Å². The lowest BCUT2D eigenvalue weighted by molar-refractivity contribution is 0.0950. The van der Waals surface area contributed by atoms with Crippen LogP contribution in [0.5, 0.6) is 0 Å². The number of rotatable bonds is 3. The van der Waals surface area contributed by atoms with Crippen LogP contribution in [0.2, 0.25) is 0 Å². The molecular formula is C15H15N3O2S. The molecule has 1 amide bonds. The van der Waals surface area contributed by atoms with Gasteiger partial charge in [-0.15, -0.1) is 11.3 Å². The molecule has 0 aromatic carbocycles. The number of amides is 1. The first-order valence-corrected chi connectivity index (χ1v) is 7.25. The largest absolute Gasteiger partial charge is 0.384 e. The van der Waals surface area contributed by atoms with E-state index < -0.39 is 0 Å². The van der Waals surface area contributed by atoms with Gasteiger partial charge in [0.1, 0.15) is 6.61 Å². The smallest absolute Gasteiger partial charge is 0.253 e. The molecule has 6 heteroatoms. The van der Waals surface area contributed by atoms with Crippen LogP contribution >= 0.6 is 11.3 Å². The molecule has 0 saturated heterocycles. The Kier molecular flexibility index (Phi) is 5.04. The Morgan fingerprint density at radius 2 is 2.24 bits per heavy atom. The molecule has 0 radical (unpaired) electrons. The first-order valence-electron chi connectivity index (χ1n) is 6.37. The standard InChI is InChI=1S/C15H15N3O2S/c1-10-8-13(11(2)18-17-10)15(20)16-9-14-12(4-3-6-19)5-7-21-14/h5,7-8,19H,6,9H2,1-2H3,(H,16,20). The number of aliphatic hydroxyl groups is 1. The summed E-state index contributed by atoms with van der Waals surface area (Å²) in [6.45, 7) is 3.77. The van der Waals surface area contributed by atoms with Gasteiger partial charge in [0, 0.05) is 10.4 Å². The van der Waals surface area contributed by atoms with E-state index in [1.807, 2.05) is 11.4 Å². The molecular weight excluding hydrogens is 286 g/mol. The monoisotopic (exact) mass is 301 g/mol. The van der Waals surface area contributed by atoms with Gasteiger partial charge in [0.05, 0.1) is 23.5 Å². The zero-order chi connectivity index (χ0) is 15.2. The van der Waals surface area contributed by atoms with Crippen molar-refractivity contribution in [2.75, 3.05) is 6.61 Å². The summed E-state index contributed by atoms with van der Waals surface area (Å²) in [5, 5.41) is 21.3. The van der Waals surface area contributed by atoms with Gasteiger partial charge in [0.25, 0.3) is 5.91 Å². The van der Waals surface area contributed by atoms with E-state index in [9.17, 15) is 4.79 Å². The summed E-state index contributed by atoms with van der Waals surface area (Å²) in [6.07, 6.45) is 0. The highest BCUT2D eigenvalue weighted by molar-refractivity contribution is 7.10. The molecule has 5 nitrogen and oxygen atoms in total. The molecule has 2 heterocycles. The molecule has 0 aliphatic heterocycles. The van der Waals surface area contributed by atoms with Crippen molar-refractivity contribution < 1.29 is 9.90 Å². The summed E-state index contributed by atoms with van der Waals surface area (Å²) >= 11 is 1.52. The molecule has 0 fully saturated rings. The van der Waals surface area contributed by atoms with E-state index in [1.165, 1.54) is 11.3 Å². The van der Waals surface area contributed by atoms with Crippen molar-refractivity contribution in [3.05, 3.63) is 44.9 Å². The molecule has 0 saturated carbocycles. The third-order valence-corrected chi connectivity index (χ3v) is 3.72. The summed E-state index contributed by atoms with van der Waals surface area (Å²) < 4.78 is 0. The number of nitrogens with zero attached hydrogens (tertiary/aromatic N) is 2. The first-order chi connectivity index (χ1) is 10.1. The van der Waals surface area contributed by atoms with E-state index in [2.05, 4.69) is 27.4 Å². The Morgan fingerprint density at radius 1 is 1.43 bits per heavy atom. The number of thiophene rings is 1. The fourth-order valence-corrected chi connectivity index (χ4v) is 2.53. The Balaban J connectivity index is 2.08. The summed E-state index contributed by atoms with van der Waals surface area (Å²) in [5.41, 5.74) is 2.66. The number of nitrogens with one attached hydrogen (secondary N) is 1. The van der Waals surface area contributed by atoms with Crippen molar-refractivity contribution in [2.24, 2.45) is 0 Å². The van der Waals surface area contributed by atoms with Crippen molar-refractivity contribution in [2.45, 2.75) is 20.4 Å². The molecule has 0 aliphatic rings. The van der Waals surface area contributed by atoms with Crippen molar-refractivity contribution >= 4 is 17.2 Å². The van der Waals surface area contributed by atoms with Gasteiger partial charge in [0.2, 0.25) is 0 Å². The van der Waals surface area contributed by atoms with Gasteiger partial charge in [0.15, 0.2) is 0 Å². The second kappa shape index (κ2) is 6.97. The van der Waals surface area contributed by atoms with E-state index in [4.69, 9.17) is 5.11 Å². The Morgan fingerprint density at radius 3 is 3.00 bits per heavy atom. The van der Waals surface area contributed by atoms with Crippen LogP contribution in [0.4, 0.5) is 0 Å². The molecule has 2 N–H and O–H groups in total. The van der Waals surface area contributed by atoms with E-state index in [1.54, 1.807) is 19.9 Å². The van der Waals surface area contributed by atoms with Crippen molar-refractivity contribution in [3.8, 4) is 11.8 Å². The minimum absolute atomic E-state index is 0.178. The topological polar surface area (TPSA) is 75.1 Å². The molecule has 2 rings (SSSR count). The number of aromatic nitrogens is 2. The third-order valence-electron chi connectivity index (χ3n) is 2.80. The van der Waals surface area contributed by atoms with E-state index in [-0.39, 0.29) is 12.5 Å². The summed E-state index contributed by atoms with van der Waals surface area (Å²) in [5.74, 6) is 5.29. The number of aryl methyl sites for hydroxylation is 2. The quantitative estimate of drug-likeness (QED) is 0.841. The van der Waals surface area contributed by atoms with Crippen LogP contribution in [-0.4, -0.2) is 27.8 Å². The molecule has 2 aromatic rings. The lowest BCUT2D eigenvalue weighted by atomic mass is 10.2.